The highest BCUT2D eigenvalue weighted by molar-refractivity contribution is 6.33. The summed E-state index contributed by atoms with van der Waals surface area (Å²) in [5.74, 6) is -0.186. The number of rotatable bonds is 3. The molecule has 1 heterocycles. The van der Waals surface area contributed by atoms with Crippen molar-refractivity contribution in [2.24, 2.45) is 12.5 Å². The van der Waals surface area contributed by atoms with Gasteiger partial charge in [-0.25, -0.2) is 0 Å². The van der Waals surface area contributed by atoms with Crippen LogP contribution in [0.5, 0.6) is 0 Å². The fourth-order valence-electron chi connectivity index (χ4n) is 2.40. The third-order valence-corrected chi connectivity index (χ3v) is 2.81. The van der Waals surface area contributed by atoms with Crippen LogP contribution in [-0.2, 0) is 7.05 Å². The first-order valence-electron chi connectivity index (χ1n) is 6.02. The number of aromatic nitrogens is 2. The summed E-state index contributed by atoms with van der Waals surface area (Å²) < 4.78 is 1.49. The fourth-order valence-corrected chi connectivity index (χ4v) is 2.65. The Morgan fingerprint density at radius 2 is 1.94 bits per heavy atom. The van der Waals surface area contributed by atoms with Gasteiger partial charge < -0.3 is 5.32 Å². The molecule has 0 aliphatic rings. The Bertz CT molecular complexity index is 424. The Balaban J connectivity index is 2.82. The SMILES string of the molecule is Cn1ncc(Cl)c1C(=O)NC(C)(C)CC(C)(C)C. The molecule has 0 aromatic carbocycles. The molecule has 0 aliphatic carbocycles. The van der Waals surface area contributed by atoms with Crippen LogP contribution >= 0.6 is 11.6 Å². The Labute approximate surface area is 114 Å². The molecule has 0 aliphatic heterocycles. The zero-order chi connectivity index (χ0) is 14.1. The Hall–Kier alpha value is -1.03. The van der Waals surface area contributed by atoms with E-state index < -0.39 is 0 Å². The van der Waals surface area contributed by atoms with E-state index in [9.17, 15) is 4.79 Å². The highest BCUT2D eigenvalue weighted by Crippen LogP contribution is 2.27. The summed E-state index contributed by atoms with van der Waals surface area (Å²) in [6.45, 7) is 10.5. The van der Waals surface area contributed by atoms with Gasteiger partial charge in [0.2, 0.25) is 0 Å². The minimum Gasteiger partial charge on any atom is -0.346 e. The van der Waals surface area contributed by atoms with E-state index in [0.29, 0.717) is 10.7 Å². The molecule has 0 atom stereocenters. The lowest BCUT2D eigenvalue weighted by Crippen LogP contribution is -2.46. The molecular formula is C13H22ClN3O. The third kappa shape index (κ3) is 4.02. The van der Waals surface area contributed by atoms with E-state index >= 15 is 0 Å². The van der Waals surface area contributed by atoms with Gasteiger partial charge in [-0.2, -0.15) is 5.10 Å². The van der Waals surface area contributed by atoms with Crippen LogP contribution < -0.4 is 5.32 Å². The molecule has 1 rings (SSSR count). The van der Waals surface area contributed by atoms with Crippen LogP contribution in [0.2, 0.25) is 5.02 Å². The normalized spacial score (nSPS) is 12.6. The molecule has 0 radical (unpaired) electrons. The van der Waals surface area contributed by atoms with Crippen LogP contribution in [0.25, 0.3) is 0 Å². The lowest BCUT2D eigenvalue weighted by molar-refractivity contribution is 0.0882. The molecule has 1 aromatic rings. The van der Waals surface area contributed by atoms with Gasteiger partial charge >= 0.3 is 0 Å². The maximum Gasteiger partial charge on any atom is 0.271 e. The van der Waals surface area contributed by atoms with Gasteiger partial charge in [0.25, 0.3) is 5.91 Å². The van der Waals surface area contributed by atoms with E-state index in [2.05, 4.69) is 31.2 Å². The molecule has 102 valence electrons. The van der Waals surface area contributed by atoms with Crippen molar-refractivity contribution < 1.29 is 4.79 Å². The number of hydrogen-bond donors (Lipinski definition) is 1. The first-order chi connectivity index (χ1) is 8.02. The Morgan fingerprint density at radius 1 is 1.39 bits per heavy atom. The third-order valence-electron chi connectivity index (χ3n) is 2.53. The molecule has 0 fully saturated rings. The van der Waals surface area contributed by atoms with E-state index in [0.717, 1.165) is 6.42 Å². The van der Waals surface area contributed by atoms with Crippen molar-refractivity contribution in [2.45, 2.75) is 46.6 Å². The second kappa shape index (κ2) is 4.92. The zero-order valence-corrected chi connectivity index (χ0v) is 12.7. The van der Waals surface area contributed by atoms with Gasteiger partial charge in [0.05, 0.1) is 11.2 Å². The van der Waals surface area contributed by atoms with Crippen LogP contribution in [0.1, 0.15) is 51.5 Å². The van der Waals surface area contributed by atoms with Crippen LogP contribution in [0.4, 0.5) is 0 Å². The largest absolute Gasteiger partial charge is 0.346 e. The number of halogens is 1. The van der Waals surface area contributed by atoms with Crippen molar-refractivity contribution in [1.29, 1.82) is 0 Å². The molecule has 1 aromatic heterocycles. The summed E-state index contributed by atoms with van der Waals surface area (Å²) in [6, 6.07) is 0. The topological polar surface area (TPSA) is 46.9 Å². The second-order valence-corrected chi connectivity index (χ2v) is 6.95. The Morgan fingerprint density at radius 3 is 2.33 bits per heavy atom. The number of carbonyl (C=O) groups is 1. The first-order valence-corrected chi connectivity index (χ1v) is 6.40. The van der Waals surface area contributed by atoms with Crippen LogP contribution in [0.15, 0.2) is 6.20 Å². The summed E-state index contributed by atoms with van der Waals surface area (Å²) in [5.41, 5.74) is 0.259. The average Bonchev–Trinajstić information content (AvgIpc) is 2.40. The van der Waals surface area contributed by atoms with Crippen molar-refractivity contribution in [3.63, 3.8) is 0 Å². The average molecular weight is 272 g/mol. The van der Waals surface area contributed by atoms with Gasteiger partial charge in [0.15, 0.2) is 0 Å². The summed E-state index contributed by atoms with van der Waals surface area (Å²) in [6.07, 6.45) is 2.36. The number of carbonyl (C=O) groups excluding carboxylic acids is 1. The van der Waals surface area contributed by atoms with Crippen molar-refractivity contribution >= 4 is 17.5 Å². The number of nitrogens with zero attached hydrogens (tertiary/aromatic N) is 2. The van der Waals surface area contributed by atoms with Crippen molar-refractivity contribution in [3.8, 4) is 0 Å². The van der Waals surface area contributed by atoms with Crippen molar-refractivity contribution in [2.75, 3.05) is 0 Å². The molecule has 1 N–H and O–H groups in total. The standard InChI is InChI=1S/C13H22ClN3O/c1-12(2,3)8-13(4,5)16-11(18)10-9(14)7-15-17(10)6/h7H,8H2,1-6H3,(H,16,18). The molecule has 0 unspecified atom stereocenters. The van der Waals surface area contributed by atoms with E-state index in [4.69, 9.17) is 11.6 Å². The van der Waals surface area contributed by atoms with Crippen LogP contribution in [-0.4, -0.2) is 21.2 Å². The predicted octanol–water partition coefficient (Wildman–Crippen LogP) is 3.02. The molecule has 0 saturated heterocycles. The molecule has 18 heavy (non-hydrogen) atoms. The number of amides is 1. The zero-order valence-electron chi connectivity index (χ0n) is 12.0. The fraction of sp³-hybridized carbons (Fsp3) is 0.692. The molecule has 0 spiro atoms. The van der Waals surface area contributed by atoms with Gasteiger partial charge in [-0.3, -0.25) is 9.48 Å². The molecule has 1 amide bonds. The van der Waals surface area contributed by atoms with E-state index in [1.165, 1.54) is 10.9 Å². The maximum absolute atomic E-state index is 12.2. The first kappa shape index (κ1) is 15.0. The van der Waals surface area contributed by atoms with Gasteiger partial charge in [0.1, 0.15) is 5.69 Å². The minimum absolute atomic E-state index is 0.146. The highest BCUT2D eigenvalue weighted by Gasteiger charge is 2.28. The number of hydrogen-bond acceptors (Lipinski definition) is 2. The van der Waals surface area contributed by atoms with E-state index in [1.54, 1.807) is 7.05 Å². The van der Waals surface area contributed by atoms with E-state index in [1.807, 2.05) is 13.8 Å². The molecule has 0 saturated carbocycles. The molecular weight excluding hydrogens is 250 g/mol. The predicted molar refractivity (Wildman–Crippen MR) is 73.8 cm³/mol. The lowest BCUT2D eigenvalue weighted by Gasteiger charge is -2.33. The van der Waals surface area contributed by atoms with Gasteiger partial charge in [-0.05, 0) is 25.7 Å². The Kier molecular flexibility index (Phi) is 4.11. The summed E-state index contributed by atoms with van der Waals surface area (Å²) in [4.78, 5) is 12.2. The minimum atomic E-state index is -0.289. The van der Waals surface area contributed by atoms with Gasteiger partial charge in [0, 0.05) is 12.6 Å². The second-order valence-electron chi connectivity index (χ2n) is 6.54. The van der Waals surface area contributed by atoms with Gasteiger partial charge in [-0.1, -0.05) is 32.4 Å². The van der Waals surface area contributed by atoms with E-state index in [-0.39, 0.29) is 16.9 Å². The van der Waals surface area contributed by atoms with Crippen LogP contribution in [0.3, 0.4) is 0 Å². The van der Waals surface area contributed by atoms with Crippen molar-refractivity contribution in [3.05, 3.63) is 16.9 Å². The quantitative estimate of drug-likeness (QED) is 0.919. The highest BCUT2D eigenvalue weighted by atomic mass is 35.5. The summed E-state index contributed by atoms with van der Waals surface area (Å²) >= 11 is 5.96. The molecule has 4 nitrogen and oxygen atoms in total. The lowest BCUT2D eigenvalue weighted by atomic mass is 9.82. The smallest absolute Gasteiger partial charge is 0.271 e. The van der Waals surface area contributed by atoms with Crippen molar-refractivity contribution in [1.82, 2.24) is 15.1 Å². The molecule has 5 heteroatoms. The summed E-state index contributed by atoms with van der Waals surface area (Å²) in [7, 11) is 1.71. The van der Waals surface area contributed by atoms with Gasteiger partial charge in [-0.15, -0.1) is 0 Å². The maximum atomic E-state index is 12.2. The number of nitrogens with one attached hydrogen (secondary N) is 1. The monoisotopic (exact) mass is 271 g/mol. The molecule has 0 bridgehead atoms. The van der Waals surface area contributed by atoms with Crippen LogP contribution in [0, 0.1) is 5.41 Å². The number of aryl methyl sites for hydroxylation is 1. The summed E-state index contributed by atoms with van der Waals surface area (Å²) in [5, 5.41) is 7.35.